The summed E-state index contributed by atoms with van der Waals surface area (Å²) in [5, 5.41) is 2.68. The summed E-state index contributed by atoms with van der Waals surface area (Å²) in [5.41, 5.74) is 6.45. The molecule has 4 N–H and O–H groups in total. The Morgan fingerprint density at radius 3 is 3.06 bits per heavy atom. The largest absolute Gasteiger partial charge is 0.444 e. The van der Waals surface area contributed by atoms with Crippen molar-refractivity contribution >= 4 is 11.6 Å². The molecule has 0 aliphatic heterocycles. The Morgan fingerprint density at radius 2 is 2.47 bits per heavy atom. The number of H-pyrrole nitrogens is 1. The maximum absolute atomic E-state index is 11.6. The molecule has 2 rings (SSSR count). The van der Waals surface area contributed by atoms with Crippen LogP contribution in [0.3, 0.4) is 0 Å². The molecule has 2 aromatic heterocycles. The number of nitrogens with one attached hydrogen (secondary N) is 2. The molecule has 0 saturated heterocycles. The maximum atomic E-state index is 11.6. The number of aromatic amines is 1. The minimum atomic E-state index is -0.238. The zero-order valence-corrected chi connectivity index (χ0v) is 9.49. The van der Waals surface area contributed by atoms with Gasteiger partial charge in [-0.2, -0.15) is 0 Å². The highest BCUT2D eigenvalue weighted by Crippen LogP contribution is 2.06. The van der Waals surface area contributed by atoms with Crippen molar-refractivity contribution in [3.05, 3.63) is 35.8 Å². The highest BCUT2D eigenvalue weighted by atomic mass is 16.4. The van der Waals surface area contributed by atoms with E-state index in [1.165, 1.54) is 0 Å². The zero-order chi connectivity index (χ0) is 12.3. The SMILES string of the molecule is CCc1cnc(CNC(=O)c2cc(N)c[nH]2)o1. The van der Waals surface area contributed by atoms with Gasteiger partial charge < -0.3 is 20.5 Å². The molecule has 0 spiro atoms. The second kappa shape index (κ2) is 4.73. The third-order valence-electron chi connectivity index (χ3n) is 2.30. The molecule has 1 amide bonds. The summed E-state index contributed by atoms with van der Waals surface area (Å²) >= 11 is 0. The summed E-state index contributed by atoms with van der Waals surface area (Å²) in [6.07, 6.45) is 4.01. The van der Waals surface area contributed by atoms with Crippen LogP contribution in [0, 0.1) is 0 Å². The molecule has 0 atom stereocenters. The molecule has 2 aromatic rings. The summed E-state index contributed by atoms with van der Waals surface area (Å²) < 4.78 is 5.36. The van der Waals surface area contributed by atoms with Gasteiger partial charge in [-0.25, -0.2) is 4.98 Å². The monoisotopic (exact) mass is 234 g/mol. The number of carbonyl (C=O) groups excluding carboxylic acids is 1. The molecular weight excluding hydrogens is 220 g/mol. The average molecular weight is 234 g/mol. The first-order valence-electron chi connectivity index (χ1n) is 5.34. The van der Waals surface area contributed by atoms with Crippen molar-refractivity contribution in [2.75, 3.05) is 5.73 Å². The number of nitrogens with two attached hydrogens (primary N) is 1. The topological polar surface area (TPSA) is 96.9 Å². The zero-order valence-electron chi connectivity index (χ0n) is 9.49. The molecule has 0 aliphatic rings. The lowest BCUT2D eigenvalue weighted by Gasteiger charge is -1.99. The first kappa shape index (κ1) is 11.3. The first-order valence-corrected chi connectivity index (χ1v) is 5.34. The summed E-state index contributed by atoms with van der Waals surface area (Å²) in [4.78, 5) is 18.5. The predicted octanol–water partition coefficient (Wildman–Crippen LogP) is 1.08. The van der Waals surface area contributed by atoms with E-state index in [0.717, 1.165) is 12.2 Å². The quantitative estimate of drug-likeness (QED) is 0.737. The minimum absolute atomic E-state index is 0.238. The van der Waals surface area contributed by atoms with Crippen LogP contribution in [-0.2, 0) is 13.0 Å². The molecule has 0 saturated carbocycles. The van der Waals surface area contributed by atoms with E-state index in [-0.39, 0.29) is 12.5 Å². The summed E-state index contributed by atoms with van der Waals surface area (Å²) in [5.74, 6) is 1.06. The molecule has 0 aromatic carbocycles. The number of nitrogens with zero attached hydrogens (tertiary/aromatic N) is 1. The van der Waals surface area contributed by atoms with Crippen molar-refractivity contribution in [2.45, 2.75) is 19.9 Å². The van der Waals surface area contributed by atoms with Gasteiger partial charge in [0.1, 0.15) is 11.5 Å². The van der Waals surface area contributed by atoms with Gasteiger partial charge in [-0.05, 0) is 6.07 Å². The summed E-state index contributed by atoms with van der Waals surface area (Å²) in [6.45, 7) is 2.24. The van der Waals surface area contributed by atoms with E-state index in [9.17, 15) is 4.79 Å². The third kappa shape index (κ3) is 2.66. The van der Waals surface area contributed by atoms with Crippen molar-refractivity contribution in [1.82, 2.24) is 15.3 Å². The third-order valence-corrected chi connectivity index (χ3v) is 2.30. The molecule has 0 bridgehead atoms. The van der Waals surface area contributed by atoms with Crippen molar-refractivity contribution in [1.29, 1.82) is 0 Å². The average Bonchev–Trinajstić information content (AvgIpc) is 2.94. The number of aromatic nitrogens is 2. The van der Waals surface area contributed by atoms with Gasteiger partial charge in [0.2, 0.25) is 5.89 Å². The van der Waals surface area contributed by atoms with Crippen LogP contribution < -0.4 is 11.1 Å². The fraction of sp³-hybridized carbons (Fsp3) is 0.273. The number of anilines is 1. The highest BCUT2D eigenvalue weighted by Gasteiger charge is 2.09. The van der Waals surface area contributed by atoms with Crippen LogP contribution in [-0.4, -0.2) is 15.9 Å². The Kier molecular flexibility index (Phi) is 3.13. The number of aryl methyl sites for hydroxylation is 1. The van der Waals surface area contributed by atoms with E-state index < -0.39 is 0 Å². The van der Waals surface area contributed by atoms with Gasteiger partial charge in [0.25, 0.3) is 5.91 Å². The Bertz CT molecular complexity index is 515. The number of carbonyl (C=O) groups is 1. The lowest BCUT2D eigenvalue weighted by Crippen LogP contribution is -2.23. The van der Waals surface area contributed by atoms with Crippen LogP contribution in [0.2, 0.25) is 0 Å². The van der Waals surface area contributed by atoms with E-state index in [1.807, 2.05) is 6.92 Å². The fourth-order valence-corrected chi connectivity index (χ4v) is 1.39. The van der Waals surface area contributed by atoms with Crippen molar-refractivity contribution in [2.24, 2.45) is 0 Å². The summed E-state index contributed by atoms with van der Waals surface area (Å²) in [6, 6.07) is 1.57. The van der Waals surface area contributed by atoms with E-state index in [0.29, 0.717) is 17.3 Å². The predicted molar refractivity (Wildman–Crippen MR) is 62.3 cm³/mol. The van der Waals surface area contributed by atoms with Crippen LogP contribution in [0.25, 0.3) is 0 Å². The Hall–Kier alpha value is -2.24. The van der Waals surface area contributed by atoms with Gasteiger partial charge in [-0.1, -0.05) is 6.92 Å². The second-order valence-electron chi connectivity index (χ2n) is 3.60. The molecule has 17 heavy (non-hydrogen) atoms. The number of amides is 1. The van der Waals surface area contributed by atoms with E-state index in [4.69, 9.17) is 10.2 Å². The number of oxazole rings is 1. The number of hydrogen-bond donors (Lipinski definition) is 3. The van der Waals surface area contributed by atoms with Crippen LogP contribution in [0.15, 0.2) is 22.9 Å². The standard InChI is InChI=1S/C11H14N4O2/c1-2-8-5-14-10(17-8)6-15-11(16)9-3-7(12)4-13-9/h3-5,13H,2,6,12H2,1H3,(H,15,16). The fourth-order valence-electron chi connectivity index (χ4n) is 1.39. The van der Waals surface area contributed by atoms with Crippen LogP contribution in [0.4, 0.5) is 5.69 Å². The molecule has 0 fully saturated rings. The maximum Gasteiger partial charge on any atom is 0.268 e. The first-order chi connectivity index (χ1) is 8.19. The summed E-state index contributed by atoms with van der Waals surface area (Å²) in [7, 11) is 0. The molecule has 0 aliphatic carbocycles. The van der Waals surface area contributed by atoms with Gasteiger partial charge in [0, 0.05) is 18.3 Å². The second-order valence-corrected chi connectivity index (χ2v) is 3.60. The van der Waals surface area contributed by atoms with E-state index in [1.54, 1.807) is 18.5 Å². The van der Waals surface area contributed by atoms with Gasteiger partial charge in [0.05, 0.1) is 12.7 Å². The molecule has 6 heteroatoms. The van der Waals surface area contributed by atoms with Crippen LogP contribution in [0.5, 0.6) is 0 Å². The van der Waals surface area contributed by atoms with Gasteiger partial charge in [-0.15, -0.1) is 0 Å². The van der Waals surface area contributed by atoms with Gasteiger partial charge >= 0.3 is 0 Å². The van der Waals surface area contributed by atoms with Crippen LogP contribution >= 0.6 is 0 Å². The molecule has 2 heterocycles. The molecule has 0 radical (unpaired) electrons. The van der Waals surface area contributed by atoms with Gasteiger partial charge in [-0.3, -0.25) is 4.79 Å². The van der Waals surface area contributed by atoms with Gasteiger partial charge in [0.15, 0.2) is 0 Å². The molecule has 90 valence electrons. The lowest BCUT2D eigenvalue weighted by atomic mass is 10.4. The molecule has 0 unspecified atom stereocenters. The minimum Gasteiger partial charge on any atom is -0.444 e. The Labute approximate surface area is 98.2 Å². The smallest absolute Gasteiger partial charge is 0.268 e. The molecular formula is C11H14N4O2. The highest BCUT2D eigenvalue weighted by molar-refractivity contribution is 5.93. The number of hydrogen-bond acceptors (Lipinski definition) is 4. The Balaban J connectivity index is 1.92. The van der Waals surface area contributed by atoms with Crippen LogP contribution in [0.1, 0.15) is 29.1 Å². The van der Waals surface area contributed by atoms with Crippen molar-refractivity contribution < 1.29 is 9.21 Å². The normalized spacial score (nSPS) is 10.4. The van der Waals surface area contributed by atoms with Crippen molar-refractivity contribution in [3.8, 4) is 0 Å². The number of rotatable bonds is 4. The Morgan fingerprint density at radius 1 is 1.65 bits per heavy atom. The van der Waals surface area contributed by atoms with E-state index >= 15 is 0 Å². The van der Waals surface area contributed by atoms with E-state index in [2.05, 4.69) is 15.3 Å². The lowest BCUT2D eigenvalue weighted by molar-refractivity contribution is 0.0942. The van der Waals surface area contributed by atoms with Crippen molar-refractivity contribution in [3.63, 3.8) is 0 Å². The molecule has 6 nitrogen and oxygen atoms in total. The number of nitrogen functional groups attached to an aromatic ring is 1.